The standard InChI is InChI=1S/C19H22N2O5S/c1-3-25-15-8-6-7-14(13-15)20-19(22)18-11-12-21(27(2,23)24)16-9-4-5-10-17(16)26-18/h4-10,13,18H,3,11-12H2,1-2H3,(H,20,22). The van der Waals surface area contributed by atoms with Gasteiger partial charge >= 0.3 is 0 Å². The van der Waals surface area contributed by atoms with Gasteiger partial charge in [0.15, 0.2) is 6.10 Å². The quantitative estimate of drug-likeness (QED) is 0.848. The molecule has 1 amide bonds. The SMILES string of the molecule is CCOc1cccc(NC(=O)C2CCN(S(C)(=O)=O)c3ccccc3O2)c1. The van der Waals surface area contributed by atoms with Crippen LogP contribution in [0.1, 0.15) is 13.3 Å². The van der Waals surface area contributed by atoms with E-state index >= 15 is 0 Å². The molecule has 0 aliphatic carbocycles. The summed E-state index contributed by atoms with van der Waals surface area (Å²) in [4.78, 5) is 12.7. The molecular formula is C19H22N2O5S. The third-order valence-corrected chi connectivity index (χ3v) is 5.28. The maximum Gasteiger partial charge on any atom is 0.265 e. The molecule has 8 heteroatoms. The van der Waals surface area contributed by atoms with E-state index in [1.54, 1.807) is 42.5 Å². The molecular weight excluding hydrogens is 368 g/mol. The molecule has 144 valence electrons. The van der Waals surface area contributed by atoms with E-state index in [-0.39, 0.29) is 18.9 Å². The summed E-state index contributed by atoms with van der Waals surface area (Å²) in [6, 6.07) is 13.9. The Morgan fingerprint density at radius 2 is 2.04 bits per heavy atom. The second kappa shape index (κ2) is 7.87. The van der Waals surface area contributed by atoms with Crippen molar-refractivity contribution in [2.24, 2.45) is 0 Å². The first kappa shape index (κ1) is 19.0. The summed E-state index contributed by atoms with van der Waals surface area (Å²) in [5.41, 5.74) is 1.03. The minimum absolute atomic E-state index is 0.160. The van der Waals surface area contributed by atoms with Gasteiger partial charge in [0.1, 0.15) is 11.5 Å². The maximum absolute atomic E-state index is 12.7. The fraction of sp³-hybridized carbons (Fsp3) is 0.316. The van der Waals surface area contributed by atoms with Gasteiger partial charge in [0, 0.05) is 24.7 Å². The van der Waals surface area contributed by atoms with E-state index in [0.29, 0.717) is 29.5 Å². The summed E-state index contributed by atoms with van der Waals surface area (Å²) in [7, 11) is -3.48. The molecule has 2 aromatic carbocycles. The molecule has 7 nitrogen and oxygen atoms in total. The Morgan fingerprint density at radius 1 is 1.26 bits per heavy atom. The fourth-order valence-electron chi connectivity index (χ4n) is 2.91. The molecule has 27 heavy (non-hydrogen) atoms. The summed E-state index contributed by atoms with van der Waals surface area (Å²) < 4.78 is 36.8. The first-order chi connectivity index (χ1) is 12.9. The van der Waals surface area contributed by atoms with E-state index in [1.807, 2.05) is 13.0 Å². The number of nitrogens with one attached hydrogen (secondary N) is 1. The predicted molar refractivity (Wildman–Crippen MR) is 104 cm³/mol. The Kier molecular flexibility index (Phi) is 5.55. The van der Waals surface area contributed by atoms with Crippen LogP contribution in [0.4, 0.5) is 11.4 Å². The Bertz CT molecular complexity index is 929. The van der Waals surface area contributed by atoms with Crippen LogP contribution in [0.2, 0.25) is 0 Å². The average Bonchev–Trinajstić information content (AvgIpc) is 2.82. The Hall–Kier alpha value is -2.74. The van der Waals surface area contributed by atoms with E-state index in [2.05, 4.69) is 5.32 Å². The number of carbonyl (C=O) groups is 1. The lowest BCUT2D eigenvalue weighted by atomic mass is 10.2. The molecule has 1 aliphatic heterocycles. The number of rotatable bonds is 5. The van der Waals surface area contributed by atoms with Gasteiger partial charge in [-0.15, -0.1) is 0 Å². The molecule has 0 saturated heterocycles. The molecule has 0 radical (unpaired) electrons. The van der Waals surface area contributed by atoms with Gasteiger partial charge in [0.25, 0.3) is 5.91 Å². The lowest BCUT2D eigenvalue weighted by Gasteiger charge is -2.20. The van der Waals surface area contributed by atoms with Gasteiger partial charge in [0.05, 0.1) is 18.6 Å². The van der Waals surface area contributed by atoms with Crippen molar-refractivity contribution in [1.29, 1.82) is 0 Å². The number of hydrogen-bond donors (Lipinski definition) is 1. The second-order valence-corrected chi connectivity index (χ2v) is 8.05. The third kappa shape index (κ3) is 4.51. The van der Waals surface area contributed by atoms with Crippen LogP contribution >= 0.6 is 0 Å². The van der Waals surface area contributed by atoms with E-state index < -0.39 is 16.1 Å². The summed E-state index contributed by atoms with van der Waals surface area (Å²) in [5, 5.41) is 2.81. The number of ether oxygens (including phenoxy) is 2. The first-order valence-electron chi connectivity index (χ1n) is 8.65. The van der Waals surface area contributed by atoms with E-state index in [0.717, 1.165) is 6.26 Å². The van der Waals surface area contributed by atoms with Gasteiger partial charge in [-0.25, -0.2) is 8.42 Å². The van der Waals surface area contributed by atoms with Crippen LogP contribution in [0.25, 0.3) is 0 Å². The Labute approximate surface area is 158 Å². The van der Waals surface area contributed by atoms with E-state index in [4.69, 9.17) is 9.47 Å². The second-order valence-electron chi connectivity index (χ2n) is 6.15. The largest absolute Gasteiger partial charge is 0.494 e. The zero-order valence-corrected chi connectivity index (χ0v) is 16.0. The number of carbonyl (C=O) groups excluding carboxylic acids is 1. The van der Waals surface area contributed by atoms with Crippen molar-refractivity contribution < 1.29 is 22.7 Å². The number of sulfonamides is 1. The van der Waals surface area contributed by atoms with Crippen LogP contribution < -0.4 is 19.1 Å². The molecule has 1 atom stereocenters. The minimum atomic E-state index is -3.48. The first-order valence-corrected chi connectivity index (χ1v) is 10.5. The van der Waals surface area contributed by atoms with Crippen LogP contribution in [0.3, 0.4) is 0 Å². The highest BCUT2D eigenvalue weighted by atomic mass is 32.2. The lowest BCUT2D eigenvalue weighted by Crippen LogP contribution is -2.35. The topological polar surface area (TPSA) is 84.9 Å². The summed E-state index contributed by atoms with van der Waals surface area (Å²) in [5.74, 6) is 0.683. The van der Waals surface area contributed by atoms with Crippen LogP contribution in [0.15, 0.2) is 48.5 Å². The highest BCUT2D eigenvalue weighted by Gasteiger charge is 2.31. The molecule has 0 saturated carbocycles. The number of nitrogens with zero attached hydrogens (tertiary/aromatic N) is 1. The van der Waals surface area contributed by atoms with Gasteiger partial charge < -0.3 is 14.8 Å². The van der Waals surface area contributed by atoms with Gasteiger partial charge in [-0.05, 0) is 31.2 Å². The van der Waals surface area contributed by atoms with Gasteiger partial charge in [-0.1, -0.05) is 18.2 Å². The molecule has 1 heterocycles. The number of hydrogen-bond acceptors (Lipinski definition) is 5. The highest BCUT2D eigenvalue weighted by Crippen LogP contribution is 2.34. The molecule has 1 aliphatic rings. The van der Waals surface area contributed by atoms with Crippen molar-refractivity contribution in [3.63, 3.8) is 0 Å². The van der Waals surface area contributed by atoms with Crippen molar-refractivity contribution in [3.8, 4) is 11.5 Å². The van der Waals surface area contributed by atoms with Gasteiger partial charge in [-0.2, -0.15) is 0 Å². The average molecular weight is 390 g/mol. The Balaban J connectivity index is 1.80. The summed E-state index contributed by atoms with van der Waals surface area (Å²) in [6.07, 6.45) is 0.566. The normalized spacial score (nSPS) is 16.7. The van der Waals surface area contributed by atoms with Crippen molar-refractivity contribution >= 4 is 27.3 Å². The smallest absolute Gasteiger partial charge is 0.265 e. The van der Waals surface area contributed by atoms with Crippen molar-refractivity contribution in [2.75, 3.05) is 29.0 Å². The highest BCUT2D eigenvalue weighted by molar-refractivity contribution is 7.92. The van der Waals surface area contributed by atoms with Crippen LogP contribution in [-0.2, 0) is 14.8 Å². The van der Waals surface area contributed by atoms with Crippen molar-refractivity contribution in [2.45, 2.75) is 19.4 Å². The molecule has 0 aromatic heterocycles. The van der Waals surface area contributed by atoms with Crippen molar-refractivity contribution in [3.05, 3.63) is 48.5 Å². The van der Waals surface area contributed by atoms with Gasteiger partial charge in [-0.3, -0.25) is 9.10 Å². The molecule has 0 bridgehead atoms. The Morgan fingerprint density at radius 3 is 2.78 bits per heavy atom. The predicted octanol–water partition coefficient (Wildman–Crippen LogP) is 2.64. The minimum Gasteiger partial charge on any atom is -0.494 e. The fourth-order valence-corrected chi connectivity index (χ4v) is 3.86. The number of benzene rings is 2. The van der Waals surface area contributed by atoms with E-state index in [1.165, 1.54) is 4.31 Å². The molecule has 0 fully saturated rings. The van der Waals surface area contributed by atoms with E-state index in [9.17, 15) is 13.2 Å². The lowest BCUT2D eigenvalue weighted by molar-refractivity contribution is -0.122. The molecule has 1 unspecified atom stereocenters. The zero-order chi connectivity index (χ0) is 19.4. The van der Waals surface area contributed by atoms with Crippen molar-refractivity contribution in [1.82, 2.24) is 0 Å². The zero-order valence-electron chi connectivity index (χ0n) is 15.2. The third-order valence-electron chi connectivity index (χ3n) is 4.10. The van der Waals surface area contributed by atoms with Crippen LogP contribution in [0.5, 0.6) is 11.5 Å². The maximum atomic E-state index is 12.7. The molecule has 2 aromatic rings. The summed E-state index contributed by atoms with van der Waals surface area (Å²) >= 11 is 0. The van der Waals surface area contributed by atoms with Gasteiger partial charge in [0.2, 0.25) is 10.0 Å². The van der Waals surface area contributed by atoms with Crippen LogP contribution in [0, 0.1) is 0 Å². The number of amides is 1. The molecule has 3 rings (SSSR count). The molecule has 0 spiro atoms. The number of para-hydroxylation sites is 2. The monoisotopic (exact) mass is 390 g/mol. The molecule has 1 N–H and O–H groups in total. The van der Waals surface area contributed by atoms with Crippen LogP contribution in [-0.4, -0.2) is 39.8 Å². The number of anilines is 2. The number of fused-ring (bicyclic) bond motifs is 1. The summed E-state index contributed by atoms with van der Waals surface area (Å²) in [6.45, 7) is 2.57.